The van der Waals surface area contributed by atoms with Crippen LogP contribution < -0.4 is 5.32 Å². The average molecular weight is 539 g/mol. The Hall–Kier alpha value is -3.56. The Labute approximate surface area is 227 Å². The number of aryl methyl sites for hydroxylation is 1. The lowest BCUT2D eigenvalue weighted by atomic mass is 9.86. The minimum absolute atomic E-state index is 0.229. The van der Waals surface area contributed by atoms with E-state index < -0.39 is 42.8 Å². The SMILES string of the molecule is COC(CF)(OC)C(CC(=O)O)NC(=O)C(C(C)C)N1Cc2ccc(C3=CCCc4ccccc43)cc2C1=O. The average Bonchev–Trinajstić information content (AvgIpc) is 3.24. The summed E-state index contributed by atoms with van der Waals surface area (Å²) in [6.07, 6.45) is 3.45. The number of allylic oxidation sites excluding steroid dienone is 1. The molecule has 2 unspecified atom stereocenters. The maximum absolute atomic E-state index is 14.0. The fraction of sp³-hybridized carbons (Fsp3) is 0.433. The van der Waals surface area contributed by atoms with Crippen molar-refractivity contribution in [2.24, 2.45) is 5.92 Å². The number of rotatable bonds is 11. The second-order valence-corrected chi connectivity index (χ2v) is 10.3. The Morgan fingerprint density at radius 2 is 1.82 bits per heavy atom. The van der Waals surface area contributed by atoms with E-state index in [0.717, 1.165) is 35.1 Å². The fourth-order valence-electron chi connectivity index (χ4n) is 5.59. The first-order valence-corrected chi connectivity index (χ1v) is 13.1. The van der Waals surface area contributed by atoms with Crippen LogP contribution in [0.1, 0.15) is 59.3 Å². The minimum atomic E-state index is -1.98. The van der Waals surface area contributed by atoms with Crippen LogP contribution in [0.2, 0.25) is 0 Å². The topological polar surface area (TPSA) is 105 Å². The van der Waals surface area contributed by atoms with E-state index in [2.05, 4.69) is 23.5 Å². The molecular weight excluding hydrogens is 503 g/mol. The second-order valence-electron chi connectivity index (χ2n) is 10.3. The molecule has 0 spiro atoms. The van der Waals surface area contributed by atoms with Gasteiger partial charge in [0.2, 0.25) is 11.7 Å². The molecule has 2 atom stereocenters. The van der Waals surface area contributed by atoms with Gasteiger partial charge in [0.25, 0.3) is 5.91 Å². The van der Waals surface area contributed by atoms with E-state index in [1.807, 2.05) is 30.3 Å². The minimum Gasteiger partial charge on any atom is -0.481 e. The van der Waals surface area contributed by atoms with Crippen LogP contribution in [-0.2, 0) is 32.0 Å². The number of ether oxygens (including phenoxy) is 2. The van der Waals surface area contributed by atoms with Crippen LogP contribution in [0.15, 0.2) is 48.5 Å². The highest BCUT2D eigenvalue weighted by Gasteiger charge is 2.45. The molecule has 9 heteroatoms. The molecule has 208 valence electrons. The van der Waals surface area contributed by atoms with Crippen molar-refractivity contribution in [2.75, 3.05) is 20.9 Å². The van der Waals surface area contributed by atoms with Gasteiger partial charge in [0.05, 0.1) is 12.5 Å². The molecule has 2 amide bonds. The van der Waals surface area contributed by atoms with Gasteiger partial charge in [-0.15, -0.1) is 0 Å². The van der Waals surface area contributed by atoms with Crippen LogP contribution in [0.4, 0.5) is 4.39 Å². The number of methoxy groups -OCH3 is 2. The van der Waals surface area contributed by atoms with E-state index in [4.69, 9.17) is 9.47 Å². The molecule has 2 aromatic rings. The number of halogens is 1. The van der Waals surface area contributed by atoms with E-state index in [1.54, 1.807) is 13.8 Å². The summed E-state index contributed by atoms with van der Waals surface area (Å²) >= 11 is 0. The number of nitrogens with one attached hydrogen (secondary N) is 1. The van der Waals surface area contributed by atoms with Crippen molar-refractivity contribution in [3.63, 3.8) is 0 Å². The van der Waals surface area contributed by atoms with E-state index >= 15 is 0 Å². The molecular formula is C30H35FN2O6. The maximum Gasteiger partial charge on any atom is 0.305 e. The highest BCUT2D eigenvalue weighted by Crippen LogP contribution is 2.35. The molecule has 0 bridgehead atoms. The molecule has 4 rings (SSSR count). The molecule has 1 heterocycles. The summed E-state index contributed by atoms with van der Waals surface area (Å²) < 4.78 is 24.3. The standard InChI is InChI=1S/C30H35FN2O6/c1-18(2)27(28(36)32-25(15-26(34)35)30(17-31,38-3)39-4)33-16-21-13-12-20(14-24(21)29(33)37)23-11-7-9-19-8-5-6-10-22(19)23/h5-6,8,10-14,18,25,27H,7,9,15-17H2,1-4H3,(H,32,36)(H,34,35). The summed E-state index contributed by atoms with van der Waals surface area (Å²) in [4.78, 5) is 40.3. The lowest BCUT2D eigenvalue weighted by Gasteiger charge is -2.38. The third-order valence-electron chi connectivity index (χ3n) is 7.66. The van der Waals surface area contributed by atoms with Crippen molar-refractivity contribution >= 4 is 23.4 Å². The van der Waals surface area contributed by atoms with Crippen LogP contribution >= 0.6 is 0 Å². The number of hydrogen-bond acceptors (Lipinski definition) is 5. The van der Waals surface area contributed by atoms with Gasteiger partial charge in [-0.25, -0.2) is 4.39 Å². The molecule has 1 aliphatic carbocycles. The number of benzene rings is 2. The van der Waals surface area contributed by atoms with Crippen LogP contribution in [-0.4, -0.2) is 66.6 Å². The van der Waals surface area contributed by atoms with Gasteiger partial charge >= 0.3 is 5.97 Å². The molecule has 1 aliphatic heterocycles. The normalized spacial score (nSPS) is 16.4. The van der Waals surface area contributed by atoms with Crippen molar-refractivity contribution in [1.29, 1.82) is 0 Å². The molecule has 0 radical (unpaired) electrons. The van der Waals surface area contributed by atoms with Crippen molar-refractivity contribution in [1.82, 2.24) is 10.2 Å². The number of carboxylic acid groups (broad SMARTS) is 1. The maximum atomic E-state index is 14.0. The number of amides is 2. The molecule has 0 aromatic heterocycles. The summed E-state index contributed by atoms with van der Waals surface area (Å²) in [6, 6.07) is 11.8. The summed E-state index contributed by atoms with van der Waals surface area (Å²) in [6.45, 7) is 2.65. The monoisotopic (exact) mass is 538 g/mol. The third-order valence-corrected chi connectivity index (χ3v) is 7.66. The smallest absolute Gasteiger partial charge is 0.305 e. The highest BCUT2D eigenvalue weighted by molar-refractivity contribution is 6.02. The second kappa shape index (κ2) is 11.7. The molecule has 0 saturated carbocycles. The number of fused-ring (bicyclic) bond motifs is 2. The molecule has 8 nitrogen and oxygen atoms in total. The number of hydrogen-bond donors (Lipinski definition) is 2. The van der Waals surface area contributed by atoms with Gasteiger partial charge in [0.1, 0.15) is 12.7 Å². The van der Waals surface area contributed by atoms with Crippen LogP contribution in [0.3, 0.4) is 0 Å². The number of carboxylic acids is 1. The summed E-state index contributed by atoms with van der Waals surface area (Å²) in [5.74, 6) is -4.44. The lowest BCUT2D eigenvalue weighted by Crippen LogP contribution is -2.61. The van der Waals surface area contributed by atoms with Crippen molar-refractivity contribution in [3.8, 4) is 0 Å². The van der Waals surface area contributed by atoms with E-state index in [1.165, 1.54) is 24.7 Å². The highest BCUT2D eigenvalue weighted by atomic mass is 19.1. The third kappa shape index (κ3) is 5.46. The van der Waals surface area contributed by atoms with Gasteiger partial charge in [-0.2, -0.15) is 0 Å². The molecule has 2 aromatic carbocycles. The predicted octanol–water partition coefficient (Wildman–Crippen LogP) is 3.96. The number of carbonyl (C=O) groups is 3. The Morgan fingerprint density at radius 1 is 1.10 bits per heavy atom. The van der Waals surface area contributed by atoms with Gasteiger partial charge in [-0.3, -0.25) is 14.4 Å². The van der Waals surface area contributed by atoms with Gasteiger partial charge < -0.3 is 24.8 Å². The number of carbonyl (C=O) groups excluding carboxylic acids is 2. The van der Waals surface area contributed by atoms with Gasteiger partial charge in [-0.05, 0) is 52.7 Å². The number of aliphatic carboxylic acids is 1. The van der Waals surface area contributed by atoms with Crippen LogP contribution in [0.25, 0.3) is 5.57 Å². The van der Waals surface area contributed by atoms with Crippen molar-refractivity contribution in [2.45, 2.75) is 57.5 Å². The van der Waals surface area contributed by atoms with Gasteiger partial charge in [0.15, 0.2) is 0 Å². The summed E-state index contributed by atoms with van der Waals surface area (Å²) in [5.41, 5.74) is 5.79. The largest absolute Gasteiger partial charge is 0.481 e. The molecule has 0 saturated heterocycles. The van der Waals surface area contributed by atoms with E-state index in [0.29, 0.717) is 5.56 Å². The zero-order chi connectivity index (χ0) is 28.3. The van der Waals surface area contributed by atoms with Gasteiger partial charge in [0, 0.05) is 26.3 Å². The molecule has 39 heavy (non-hydrogen) atoms. The first-order chi connectivity index (χ1) is 18.7. The molecule has 2 N–H and O–H groups in total. The lowest BCUT2D eigenvalue weighted by molar-refractivity contribution is -0.234. The molecule has 2 aliphatic rings. The van der Waals surface area contributed by atoms with Crippen molar-refractivity contribution < 1.29 is 33.4 Å². The van der Waals surface area contributed by atoms with Gasteiger partial charge in [-0.1, -0.05) is 56.3 Å². The summed E-state index contributed by atoms with van der Waals surface area (Å²) in [7, 11) is 2.37. The number of alkyl halides is 1. The van der Waals surface area contributed by atoms with Crippen LogP contribution in [0.5, 0.6) is 0 Å². The Morgan fingerprint density at radius 3 is 2.46 bits per heavy atom. The Balaban J connectivity index is 1.61. The fourth-order valence-corrected chi connectivity index (χ4v) is 5.59. The first-order valence-electron chi connectivity index (χ1n) is 13.1. The quantitative estimate of drug-likeness (QED) is 0.420. The van der Waals surface area contributed by atoms with Crippen molar-refractivity contribution in [3.05, 3.63) is 76.4 Å². The zero-order valence-corrected chi connectivity index (χ0v) is 22.7. The van der Waals surface area contributed by atoms with E-state index in [-0.39, 0.29) is 18.4 Å². The predicted molar refractivity (Wildman–Crippen MR) is 144 cm³/mol. The van der Waals surface area contributed by atoms with Crippen LogP contribution in [0, 0.1) is 5.92 Å². The van der Waals surface area contributed by atoms with E-state index in [9.17, 15) is 23.9 Å². The molecule has 0 fully saturated rings. The Bertz CT molecular complexity index is 1280. The zero-order valence-electron chi connectivity index (χ0n) is 22.7. The Kier molecular flexibility index (Phi) is 8.51. The first kappa shape index (κ1) is 28.4. The summed E-state index contributed by atoms with van der Waals surface area (Å²) in [5, 5.41) is 12.0. The number of nitrogens with zero attached hydrogens (tertiary/aromatic N) is 1.